The second-order valence-corrected chi connectivity index (χ2v) is 3.04. The van der Waals surface area contributed by atoms with Gasteiger partial charge < -0.3 is 14.2 Å². The molecule has 1 unspecified atom stereocenters. The Bertz CT molecular complexity index is 323. The minimum atomic E-state index is -1.09. The van der Waals surface area contributed by atoms with Crippen LogP contribution in [-0.2, 0) is 9.53 Å². The van der Waals surface area contributed by atoms with Gasteiger partial charge in [-0.1, -0.05) is 11.6 Å². The standard InChI is InChI=1S/C10H11ClO4/c1-13-7-3-5-8(6-4-7)15-10(12)9(11)14-2/h3-6,9H,1-2H3. The van der Waals surface area contributed by atoms with Crippen LogP contribution in [-0.4, -0.2) is 25.8 Å². The molecule has 0 aromatic heterocycles. The molecule has 15 heavy (non-hydrogen) atoms. The molecule has 0 spiro atoms. The molecule has 0 saturated carbocycles. The Morgan fingerprint density at radius 2 is 1.73 bits per heavy atom. The van der Waals surface area contributed by atoms with Gasteiger partial charge >= 0.3 is 5.97 Å². The number of esters is 1. The Balaban J connectivity index is 2.61. The predicted octanol–water partition coefficient (Wildman–Crippen LogP) is 1.81. The van der Waals surface area contributed by atoms with E-state index in [0.29, 0.717) is 11.5 Å². The zero-order valence-electron chi connectivity index (χ0n) is 8.40. The first-order valence-corrected chi connectivity index (χ1v) is 4.63. The van der Waals surface area contributed by atoms with Crippen molar-refractivity contribution in [1.29, 1.82) is 0 Å². The minimum Gasteiger partial charge on any atom is -0.497 e. The fourth-order valence-corrected chi connectivity index (χ4v) is 0.947. The Labute approximate surface area is 92.7 Å². The van der Waals surface area contributed by atoms with Crippen molar-refractivity contribution in [2.75, 3.05) is 14.2 Å². The van der Waals surface area contributed by atoms with Gasteiger partial charge in [0.1, 0.15) is 11.5 Å². The molecule has 0 bridgehead atoms. The number of alkyl halides is 1. The lowest BCUT2D eigenvalue weighted by Gasteiger charge is -2.07. The van der Waals surface area contributed by atoms with Crippen LogP contribution < -0.4 is 9.47 Å². The highest BCUT2D eigenvalue weighted by Gasteiger charge is 2.16. The van der Waals surface area contributed by atoms with Crippen molar-refractivity contribution >= 4 is 17.6 Å². The van der Waals surface area contributed by atoms with Gasteiger partial charge in [0.25, 0.3) is 0 Å². The molecule has 1 aromatic rings. The molecule has 0 fully saturated rings. The summed E-state index contributed by atoms with van der Waals surface area (Å²) in [6.45, 7) is 0. The Kier molecular flexibility index (Phi) is 4.39. The molecule has 1 atom stereocenters. The number of halogens is 1. The first-order chi connectivity index (χ1) is 7.17. The average Bonchev–Trinajstić information content (AvgIpc) is 2.29. The van der Waals surface area contributed by atoms with Crippen molar-refractivity contribution in [3.05, 3.63) is 24.3 Å². The summed E-state index contributed by atoms with van der Waals surface area (Å²) in [5.41, 5.74) is -1.09. The molecule has 0 N–H and O–H groups in total. The number of hydrogen-bond acceptors (Lipinski definition) is 4. The fraction of sp³-hybridized carbons (Fsp3) is 0.300. The van der Waals surface area contributed by atoms with E-state index in [1.54, 1.807) is 31.4 Å². The van der Waals surface area contributed by atoms with Gasteiger partial charge in [-0.05, 0) is 24.3 Å². The van der Waals surface area contributed by atoms with E-state index in [1.807, 2.05) is 0 Å². The van der Waals surface area contributed by atoms with Crippen molar-refractivity contribution in [3.8, 4) is 11.5 Å². The van der Waals surface area contributed by atoms with Gasteiger partial charge in [-0.3, -0.25) is 0 Å². The van der Waals surface area contributed by atoms with Crippen LogP contribution in [0.3, 0.4) is 0 Å². The summed E-state index contributed by atoms with van der Waals surface area (Å²) in [5.74, 6) is 0.428. The van der Waals surface area contributed by atoms with Gasteiger partial charge in [0.2, 0.25) is 5.56 Å². The third-order valence-corrected chi connectivity index (χ3v) is 2.03. The summed E-state index contributed by atoms with van der Waals surface area (Å²) in [6.07, 6.45) is 0. The zero-order chi connectivity index (χ0) is 11.3. The maximum atomic E-state index is 11.2. The monoisotopic (exact) mass is 230 g/mol. The highest BCUT2D eigenvalue weighted by Crippen LogP contribution is 2.17. The normalized spacial score (nSPS) is 11.9. The number of benzene rings is 1. The van der Waals surface area contributed by atoms with Gasteiger partial charge in [-0.2, -0.15) is 0 Å². The number of ether oxygens (including phenoxy) is 3. The van der Waals surface area contributed by atoms with Gasteiger partial charge in [0, 0.05) is 7.11 Å². The lowest BCUT2D eigenvalue weighted by Crippen LogP contribution is -2.22. The van der Waals surface area contributed by atoms with E-state index in [4.69, 9.17) is 21.1 Å². The molecule has 82 valence electrons. The predicted molar refractivity (Wildman–Crippen MR) is 55.3 cm³/mol. The lowest BCUT2D eigenvalue weighted by atomic mass is 10.3. The first-order valence-electron chi connectivity index (χ1n) is 4.20. The summed E-state index contributed by atoms with van der Waals surface area (Å²) in [5, 5.41) is 0. The molecule has 1 aromatic carbocycles. The lowest BCUT2D eigenvalue weighted by molar-refractivity contribution is -0.140. The molecule has 5 heteroatoms. The number of methoxy groups -OCH3 is 2. The van der Waals surface area contributed by atoms with Crippen LogP contribution in [0.2, 0.25) is 0 Å². The van der Waals surface area contributed by atoms with Crippen molar-refractivity contribution in [1.82, 2.24) is 0 Å². The summed E-state index contributed by atoms with van der Waals surface area (Å²) in [4.78, 5) is 11.2. The molecule has 0 aliphatic heterocycles. The summed E-state index contributed by atoms with van der Waals surface area (Å²) in [6, 6.07) is 6.57. The number of hydrogen-bond donors (Lipinski definition) is 0. The maximum absolute atomic E-state index is 11.2. The molecular formula is C10H11ClO4. The van der Waals surface area contributed by atoms with Crippen molar-refractivity contribution in [2.45, 2.75) is 5.56 Å². The first kappa shape index (κ1) is 11.8. The molecule has 0 radical (unpaired) electrons. The van der Waals surface area contributed by atoms with Crippen LogP contribution in [0.1, 0.15) is 0 Å². The van der Waals surface area contributed by atoms with Crippen LogP contribution in [0, 0.1) is 0 Å². The van der Waals surface area contributed by atoms with Crippen molar-refractivity contribution < 1.29 is 19.0 Å². The summed E-state index contributed by atoms with van der Waals surface area (Å²) < 4.78 is 14.5. The summed E-state index contributed by atoms with van der Waals surface area (Å²) >= 11 is 5.50. The van der Waals surface area contributed by atoms with E-state index in [2.05, 4.69) is 4.74 Å². The Morgan fingerprint density at radius 1 is 1.20 bits per heavy atom. The molecule has 0 aliphatic rings. The third-order valence-electron chi connectivity index (χ3n) is 1.67. The maximum Gasteiger partial charge on any atom is 0.356 e. The highest BCUT2D eigenvalue weighted by molar-refractivity contribution is 6.28. The third kappa shape index (κ3) is 3.42. The topological polar surface area (TPSA) is 44.8 Å². The van der Waals surface area contributed by atoms with Gasteiger partial charge in [-0.25, -0.2) is 4.79 Å². The van der Waals surface area contributed by atoms with Gasteiger partial charge in [0.15, 0.2) is 0 Å². The molecule has 0 amide bonds. The number of rotatable bonds is 4. The van der Waals surface area contributed by atoms with Crippen LogP contribution >= 0.6 is 11.6 Å². The van der Waals surface area contributed by atoms with E-state index in [9.17, 15) is 4.79 Å². The number of carbonyl (C=O) groups excluding carboxylic acids is 1. The van der Waals surface area contributed by atoms with E-state index in [0.717, 1.165) is 0 Å². The molecule has 0 heterocycles. The second-order valence-electron chi connectivity index (χ2n) is 2.65. The van der Waals surface area contributed by atoms with E-state index in [-0.39, 0.29) is 0 Å². The largest absolute Gasteiger partial charge is 0.497 e. The molecule has 0 aliphatic carbocycles. The average molecular weight is 231 g/mol. The van der Waals surface area contributed by atoms with Crippen LogP contribution in [0.5, 0.6) is 11.5 Å². The van der Waals surface area contributed by atoms with Gasteiger partial charge in [-0.15, -0.1) is 0 Å². The minimum absolute atomic E-state index is 0.392. The summed E-state index contributed by atoms with van der Waals surface area (Å²) in [7, 11) is 2.88. The molecular weight excluding hydrogens is 220 g/mol. The van der Waals surface area contributed by atoms with E-state index >= 15 is 0 Å². The van der Waals surface area contributed by atoms with Gasteiger partial charge in [0.05, 0.1) is 7.11 Å². The van der Waals surface area contributed by atoms with Crippen molar-refractivity contribution in [2.24, 2.45) is 0 Å². The SMILES string of the molecule is COc1ccc(OC(=O)C(Cl)OC)cc1. The highest BCUT2D eigenvalue weighted by atomic mass is 35.5. The second kappa shape index (κ2) is 5.58. The van der Waals surface area contributed by atoms with E-state index in [1.165, 1.54) is 7.11 Å². The molecule has 4 nitrogen and oxygen atoms in total. The zero-order valence-corrected chi connectivity index (χ0v) is 9.15. The van der Waals surface area contributed by atoms with Crippen LogP contribution in [0.4, 0.5) is 0 Å². The number of carbonyl (C=O) groups is 1. The fourth-order valence-electron chi connectivity index (χ4n) is 0.902. The van der Waals surface area contributed by atoms with E-state index < -0.39 is 11.5 Å². The molecule has 1 rings (SSSR count). The quantitative estimate of drug-likeness (QED) is 0.450. The smallest absolute Gasteiger partial charge is 0.356 e. The Hall–Kier alpha value is -1.26. The molecule has 0 saturated heterocycles. The van der Waals surface area contributed by atoms with Crippen molar-refractivity contribution in [3.63, 3.8) is 0 Å². The Morgan fingerprint density at radius 3 is 2.20 bits per heavy atom. The van der Waals surface area contributed by atoms with Crippen LogP contribution in [0.25, 0.3) is 0 Å². The van der Waals surface area contributed by atoms with Crippen LogP contribution in [0.15, 0.2) is 24.3 Å².